The van der Waals surface area contributed by atoms with E-state index < -0.39 is 10.0 Å². The van der Waals surface area contributed by atoms with Gasteiger partial charge in [0.15, 0.2) is 17.2 Å². The lowest BCUT2D eigenvalue weighted by Crippen LogP contribution is -2.10. The molecule has 1 aliphatic heterocycles. The number of aromatic nitrogens is 3. The second kappa shape index (κ2) is 8.24. The molecule has 0 bridgehead atoms. The fourth-order valence-electron chi connectivity index (χ4n) is 3.18. The van der Waals surface area contributed by atoms with Crippen LogP contribution in [0.25, 0.3) is 22.5 Å². The van der Waals surface area contributed by atoms with Crippen molar-refractivity contribution in [1.29, 1.82) is 0 Å². The summed E-state index contributed by atoms with van der Waals surface area (Å²) in [7, 11) is -2.06. The van der Waals surface area contributed by atoms with Gasteiger partial charge in [-0.15, -0.1) is 0 Å². The molecular weight excluding hydrogens is 434 g/mol. The summed E-state index contributed by atoms with van der Waals surface area (Å²) < 4.78 is 38.3. The first-order valence-electron chi connectivity index (χ1n) is 9.47. The number of aromatic hydroxyl groups is 1. The highest BCUT2D eigenvalue weighted by Gasteiger charge is 2.23. The Kier molecular flexibility index (Phi) is 5.46. The molecule has 0 atom stereocenters. The van der Waals surface area contributed by atoms with E-state index in [1.54, 1.807) is 28.8 Å². The number of hydrogen-bond donors (Lipinski definition) is 2. The van der Waals surface area contributed by atoms with E-state index in [9.17, 15) is 13.5 Å². The van der Waals surface area contributed by atoms with E-state index in [0.29, 0.717) is 29.4 Å². The van der Waals surface area contributed by atoms with Crippen LogP contribution in [0.2, 0.25) is 0 Å². The molecule has 0 saturated heterocycles. The normalized spacial score (nSPS) is 13.1. The van der Waals surface area contributed by atoms with Crippen molar-refractivity contribution in [3.8, 4) is 17.2 Å². The van der Waals surface area contributed by atoms with Gasteiger partial charge in [0.1, 0.15) is 17.2 Å². The van der Waals surface area contributed by atoms with Crippen LogP contribution in [0.4, 0.5) is 5.69 Å². The average Bonchev–Trinajstić information content (AvgIpc) is 3.11. The van der Waals surface area contributed by atoms with Gasteiger partial charge < -0.3 is 14.6 Å². The third-order valence-corrected chi connectivity index (χ3v) is 4.95. The summed E-state index contributed by atoms with van der Waals surface area (Å²) in [5, 5.41) is 10.7. The number of pyridine rings is 1. The molecule has 3 aromatic rings. The van der Waals surface area contributed by atoms with Crippen LogP contribution in [0.15, 0.2) is 53.0 Å². The van der Waals surface area contributed by atoms with E-state index in [-0.39, 0.29) is 28.6 Å². The Balaban J connectivity index is 2.04. The first kappa shape index (κ1) is 21.2. The Bertz CT molecular complexity index is 1460. The molecular formula is C21H19N5O5S. The zero-order chi connectivity index (χ0) is 22.9. The van der Waals surface area contributed by atoms with Crippen LogP contribution in [-0.2, 0) is 14.8 Å². The van der Waals surface area contributed by atoms with Crippen molar-refractivity contribution in [3.63, 3.8) is 0 Å². The number of anilines is 1. The molecule has 0 saturated carbocycles. The van der Waals surface area contributed by atoms with E-state index in [1.807, 2.05) is 6.92 Å². The Labute approximate surface area is 183 Å². The number of rotatable bonds is 6. The largest absolute Gasteiger partial charge is 0.506 e. The van der Waals surface area contributed by atoms with Crippen LogP contribution in [0.1, 0.15) is 12.7 Å². The lowest BCUT2D eigenvalue weighted by molar-refractivity contribution is 0.330. The number of para-hydroxylation sites is 1. The van der Waals surface area contributed by atoms with Crippen LogP contribution in [-0.4, -0.2) is 53.9 Å². The zero-order valence-electron chi connectivity index (χ0n) is 17.4. The summed E-state index contributed by atoms with van der Waals surface area (Å²) in [5.41, 5.74) is 7.25. The fraction of sp³-hybridized carbons (Fsp3) is 0.190. The molecule has 1 aromatic carbocycles. The highest BCUT2D eigenvalue weighted by Crippen LogP contribution is 2.37. The summed E-state index contributed by atoms with van der Waals surface area (Å²) in [6.45, 7) is 2.25. The number of phenolic OH excluding ortho intramolecular Hbond substituents is 1. The van der Waals surface area contributed by atoms with Crippen LogP contribution in [0.5, 0.6) is 11.5 Å². The summed E-state index contributed by atoms with van der Waals surface area (Å²) in [4.78, 5) is 13.3. The third-order valence-electron chi connectivity index (χ3n) is 4.35. The number of imidazole rings is 1. The molecule has 1 aliphatic rings. The van der Waals surface area contributed by atoms with E-state index in [2.05, 4.69) is 31.1 Å². The molecule has 0 aliphatic carbocycles. The predicted molar refractivity (Wildman–Crippen MR) is 120 cm³/mol. The number of fused-ring (bicyclic) bond motifs is 1. The Hall–Kier alpha value is -4.04. The number of phenols is 1. The van der Waals surface area contributed by atoms with Crippen LogP contribution >= 0.6 is 0 Å². The van der Waals surface area contributed by atoms with Crippen LogP contribution < -0.4 is 9.46 Å². The highest BCUT2D eigenvalue weighted by molar-refractivity contribution is 7.92. The lowest BCUT2D eigenvalue weighted by atomic mass is 10.2. The molecule has 0 spiro atoms. The van der Waals surface area contributed by atoms with Crippen LogP contribution in [0.3, 0.4) is 0 Å². The van der Waals surface area contributed by atoms with Gasteiger partial charge >= 0.3 is 0 Å². The van der Waals surface area contributed by atoms with Gasteiger partial charge in [0, 0.05) is 0 Å². The molecule has 10 nitrogen and oxygen atoms in total. The van der Waals surface area contributed by atoms with Gasteiger partial charge in [0.2, 0.25) is 15.9 Å². The number of benzene rings is 1. The smallest absolute Gasteiger partial charge is 0.229 e. The minimum absolute atomic E-state index is 0.0867. The molecule has 2 aromatic heterocycles. The minimum atomic E-state index is -3.54. The standard InChI is InChI=1S/C21H19N5O5S/c1-4-31-18-10-5-7-14(23-18)21-24-20-15(11-13(12-22-20)25-32(3,28)29)26(21)19-16(27)8-6-9-17(19)30-2/h6,8-12,25,27H,4H2,1-3H3. The van der Waals surface area contributed by atoms with Crippen molar-refractivity contribution in [1.82, 2.24) is 14.5 Å². The molecule has 0 amide bonds. The van der Waals surface area contributed by atoms with Gasteiger partial charge in [0.05, 0.1) is 43.4 Å². The number of nitrogens with zero attached hydrogens (tertiary/aromatic N) is 4. The average molecular weight is 453 g/mol. The Morgan fingerprint density at radius 1 is 1.31 bits per heavy atom. The molecule has 0 fully saturated rings. The third kappa shape index (κ3) is 4.08. The monoisotopic (exact) mass is 453 g/mol. The van der Waals surface area contributed by atoms with Crippen molar-refractivity contribution < 1.29 is 23.0 Å². The van der Waals surface area contributed by atoms with E-state index in [0.717, 1.165) is 6.26 Å². The summed E-state index contributed by atoms with van der Waals surface area (Å²) in [5.74, 6) is 0.881. The topological polar surface area (TPSA) is 128 Å². The minimum Gasteiger partial charge on any atom is -0.506 e. The van der Waals surface area contributed by atoms with Crippen molar-refractivity contribution >= 4 is 38.5 Å². The first-order valence-corrected chi connectivity index (χ1v) is 11.4. The molecule has 11 heteroatoms. The number of nitrogens with one attached hydrogen (secondary N) is 1. The van der Waals surface area contributed by atoms with Crippen LogP contribution in [0, 0.1) is 0 Å². The van der Waals surface area contributed by atoms with E-state index >= 15 is 0 Å². The van der Waals surface area contributed by atoms with Crippen molar-refractivity contribution in [2.75, 3.05) is 24.7 Å². The van der Waals surface area contributed by atoms with Crippen molar-refractivity contribution in [2.24, 2.45) is 4.99 Å². The summed E-state index contributed by atoms with van der Waals surface area (Å²) >= 11 is 0. The quantitative estimate of drug-likeness (QED) is 0.549. The SMILES string of the molecule is CCOC1=NC(c2nc3ncc(NS(C)(=O)=O)cc3n2-c2c(O)cccc2OC)=C=C=C1. The predicted octanol–water partition coefficient (Wildman–Crippen LogP) is 2.61. The van der Waals surface area contributed by atoms with Gasteiger partial charge in [0.25, 0.3) is 0 Å². The number of ether oxygens (including phenoxy) is 2. The van der Waals surface area contributed by atoms with Gasteiger partial charge in [-0.25, -0.2) is 23.4 Å². The molecule has 4 rings (SSSR count). The van der Waals surface area contributed by atoms with E-state index in [4.69, 9.17) is 9.47 Å². The van der Waals surface area contributed by atoms with Gasteiger partial charge in [-0.1, -0.05) is 11.8 Å². The van der Waals surface area contributed by atoms with Gasteiger partial charge in [-0.2, -0.15) is 0 Å². The second-order valence-electron chi connectivity index (χ2n) is 6.69. The maximum absolute atomic E-state index is 11.7. The molecule has 32 heavy (non-hydrogen) atoms. The summed E-state index contributed by atoms with van der Waals surface area (Å²) in [6.07, 6.45) is 3.94. The number of methoxy groups -OCH3 is 1. The zero-order valence-corrected chi connectivity index (χ0v) is 18.3. The second-order valence-corrected chi connectivity index (χ2v) is 8.43. The molecule has 0 radical (unpaired) electrons. The van der Waals surface area contributed by atoms with E-state index in [1.165, 1.54) is 19.4 Å². The number of sulfonamides is 1. The molecule has 164 valence electrons. The molecule has 2 N–H and O–H groups in total. The molecule has 0 unspecified atom stereocenters. The maximum Gasteiger partial charge on any atom is 0.229 e. The number of aliphatic imine (C=N–C) groups is 1. The van der Waals surface area contributed by atoms with Gasteiger partial charge in [-0.05, 0) is 30.9 Å². The van der Waals surface area contributed by atoms with Gasteiger partial charge in [-0.3, -0.25) is 9.29 Å². The highest BCUT2D eigenvalue weighted by atomic mass is 32.2. The Morgan fingerprint density at radius 2 is 2.12 bits per heavy atom. The van der Waals surface area contributed by atoms with Crippen molar-refractivity contribution in [3.05, 3.63) is 53.8 Å². The maximum atomic E-state index is 11.7. The van der Waals surface area contributed by atoms with Crippen molar-refractivity contribution in [2.45, 2.75) is 6.92 Å². The Morgan fingerprint density at radius 3 is 2.84 bits per heavy atom. The number of hydrogen-bond acceptors (Lipinski definition) is 8. The molecule has 3 heterocycles. The fourth-order valence-corrected chi connectivity index (χ4v) is 3.72. The first-order chi connectivity index (χ1) is 15.3. The lowest BCUT2D eigenvalue weighted by Gasteiger charge is -2.15. The summed E-state index contributed by atoms with van der Waals surface area (Å²) in [6, 6.07) is 6.37.